The Balaban J connectivity index is 1.53. The molecule has 0 heterocycles. The number of allylic oxidation sites excluding steroid dienone is 4. The standard InChI is InChI=1S/C30H48O/c1-21(2)8-6-18-29(4,25-13-14-25)28-17-16-27-23(9-7-19-30(27,28)5)11-12-24-20-26(31)15-10-22(24)3/h11-12,21,25-28,31H,3,6-10,13-20H2,1-2,4-5H3/t26-,27?,28+,29+,30-/m0/s1. The summed E-state index contributed by atoms with van der Waals surface area (Å²) in [5.74, 6) is 3.49. The molecule has 4 saturated carbocycles. The summed E-state index contributed by atoms with van der Waals surface area (Å²) in [4.78, 5) is 0. The molecule has 1 heteroatoms. The Kier molecular flexibility index (Phi) is 6.93. The third kappa shape index (κ3) is 4.78. The van der Waals surface area contributed by atoms with Gasteiger partial charge in [-0.25, -0.2) is 0 Å². The average molecular weight is 425 g/mol. The van der Waals surface area contributed by atoms with Crippen molar-refractivity contribution in [2.45, 2.75) is 117 Å². The first-order chi connectivity index (χ1) is 14.7. The first-order valence-corrected chi connectivity index (χ1v) is 13.5. The Morgan fingerprint density at radius 2 is 1.90 bits per heavy atom. The van der Waals surface area contributed by atoms with Crippen molar-refractivity contribution in [3.05, 3.63) is 35.5 Å². The summed E-state index contributed by atoms with van der Waals surface area (Å²) in [6.07, 6.45) is 21.4. The van der Waals surface area contributed by atoms with Gasteiger partial charge in [0.15, 0.2) is 0 Å². The van der Waals surface area contributed by atoms with Crippen molar-refractivity contribution in [3.63, 3.8) is 0 Å². The highest BCUT2D eigenvalue weighted by molar-refractivity contribution is 5.36. The summed E-state index contributed by atoms with van der Waals surface area (Å²) in [5.41, 5.74) is 5.29. The summed E-state index contributed by atoms with van der Waals surface area (Å²) in [5, 5.41) is 10.1. The van der Waals surface area contributed by atoms with Crippen LogP contribution in [-0.4, -0.2) is 11.2 Å². The smallest absolute Gasteiger partial charge is 0.0583 e. The molecule has 4 aliphatic carbocycles. The van der Waals surface area contributed by atoms with Crippen LogP contribution in [0.15, 0.2) is 35.5 Å². The molecule has 174 valence electrons. The highest BCUT2D eigenvalue weighted by atomic mass is 16.3. The number of hydrogen-bond acceptors (Lipinski definition) is 1. The molecular formula is C30H48O. The largest absolute Gasteiger partial charge is 0.393 e. The van der Waals surface area contributed by atoms with Crippen LogP contribution in [0.4, 0.5) is 0 Å². The SMILES string of the molecule is C=C1CC[C@H](O)CC1=CC=C1CCC[C@@]2(C)C1CC[C@@H]2[C@](C)(CCCC(C)C)C1CC1. The molecule has 4 aliphatic rings. The molecule has 5 atom stereocenters. The Bertz CT molecular complexity index is 723. The van der Waals surface area contributed by atoms with Crippen molar-refractivity contribution in [2.24, 2.45) is 34.5 Å². The summed E-state index contributed by atoms with van der Waals surface area (Å²) >= 11 is 0. The van der Waals surface area contributed by atoms with Gasteiger partial charge in [-0.3, -0.25) is 0 Å². The lowest BCUT2D eigenvalue weighted by Gasteiger charge is -2.50. The number of rotatable bonds is 7. The third-order valence-electron chi connectivity index (χ3n) is 9.96. The number of hydrogen-bond donors (Lipinski definition) is 1. The van der Waals surface area contributed by atoms with Gasteiger partial charge in [-0.05, 0) is 111 Å². The lowest BCUT2D eigenvalue weighted by atomic mass is 9.55. The van der Waals surface area contributed by atoms with Crippen molar-refractivity contribution in [3.8, 4) is 0 Å². The fourth-order valence-electron chi connectivity index (χ4n) is 8.02. The normalized spacial score (nSPS) is 38.6. The first kappa shape index (κ1) is 23.3. The number of aliphatic hydroxyl groups is 1. The van der Waals surface area contributed by atoms with E-state index in [1.165, 1.54) is 75.4 Å². The molecule has 0 saturated heterocycles. The van der Waals surface area contributed by atoms with Gasteiger partial charge in [0.1, 0.15) is 0 Å². The zero-order valence-corrected chi connectivity index (χ0v) is 20.9. The van der Waals surface area contributed by atoms with E-state index in [2.05, 4.69) is 46.4 Å². The summed E-state index contributed by atoms with van der Waals surface area (Å²) < 4.78 is 0. The quantitative estimate of drug-likeness (QED) is 0.435. The van der Waals surface area contributed by atoms with Crippen LogP contribution in [0.5, 0.6) is 0 Å². The zero-order chi connectivity index (χ0) is 22.2. The van der Waals surface area contributed by atoms with Crippen molar-refractivity contribution in [1.82, 2.24) is 0 Å². The molecule has 0 radical (unpaired) electrons. The minimum absolute atomic E-state index is 0.173. The van der Waals surface area contributed by atoms with Gasteiger partial charge in [0, 0.05) is 0 Å². The van der Waals surface area contributed by atoms with Crippen molar-refractivity contribution < 1.29 is 5.11 Å². The Morgan fingerprint density at radius 1 is 1.13 bits per heavy atom. The van der Waals surface area contributed by atoms with Gasteiger partial charge >= 0.3 is 0 Å². The van der Waals surface area contributed by atoms with Crippen molar-refractivity contribution >= 4 is 0 Å². The maximum absolute atomic E-state index is 10.1. The lowest BCUT2D eigenvalue weighted by molar-refractivity contribution is 0.0114. The van der Waals surface area contributed by atoms with E-state index in [9.17, 15) is 5.11 Å². The molecule has 0 amide bonds. The molecule has 1 N–H and O–H groups in total. The van der Waals surface area contributed by atoms with Crippen LogP contribution in [-0.2, 0) is 0 Å². The molecule has 4 rings (SSSR count). The van der Waals surface area contributed by atoms with E-state index in [1.807, 2.05) is 0 Å². The number of aliphatic hydroxyl groups excluding tert-OH is 1. The van der Waals surface area contributed by atoms with Gasteiger partial charge < -0.3 is 5.11 Å². The molecule has 0 aliphatic heterocycles. The Hall–Kier alpha value is -0.820. The minimum Gasteiger partial charge on any atom is -0.393 e. The van der Waals surface area contributed by atoms with Crippen LogP contribution in [0.3, 0.4) is 0 Å². The molecule has 0 aromatic carbocycles. The van der Waals surface area contributed by atoms with Crippen LogP contribution in [0.25, 0.3) is 0 Å². The fourth-order valence-corrected chi connectivity index (χ4v) is 8.02. The zero-order valence-electron chi connectivity index (χ0n) is 20.9. The minimum atomic E-state index is -0.173. The predicted octanol–water partition coefficient (Wildman–Crippen LogP) is 8.40. The second-order valence-corrected chi connectivity index (χ2v) is 12.5. The second-order valence-electron chi connectivity index (χ2n) is 12.5. The molecule has 0 spiro atoms. The highest BCUT2D eigenvalue weighted by Crippen LogP contribution is 2.67. The molecule has 4 fully saturated rings. The average Bonchev–Trinajstić information content (AvgIpc) is 3.50. The van der Waals surface area contributed by atoms with E-state index >= 15 is 0 Å². The second kappa shape index (κ2) is 9.20. The number of fused-ring (bicyclic) bond motifs is 1. The Morgan fingerprint density at radius 3 is 2.61 bits per heavy atom. The maximum atomic E-state index is 10.1. The lowest BCUT2D eigenvalue weighted by Crippen LogP contribution is -2.42. The third-order valence-corrected chi connectivity index (χ3v) is 9.96. The van der Waals surface area contributed by atoms with E-state index in [1.54, 1.807) is 5.57 Å². The van der Waals surface area contributed by atoms with Gasteiger partial charge in [-0.2, -0.15) is 0 Å². The van der Waals surface area contributed by atoms with E-state index < -0.39 is 0 Å². The van der Waals surface area contributed by atoms with Crippen LogP contribution in [0.2, 0.25) is 0 Å². The van der Waals surface area contributed by atoms with E-state index in [4.69, 9.17) is 0 Å². The molecule has 1 unspecified atom stereocenters. The first-order valence-electron chi connectivity index (χ1n) is 13.5. The summed E-state index contributed by atoms with van der Waals surface area (Å²) in [6.45, 7) is 14.4. The Labute approximate surface area is 192 Å². The van der Waals surface area contributed by atoms with Crippen molar-refractivity contribution in [2.75, 3.05) is 0 Å². The van der Waals surface area contributed by atoms with E-state index in [0.29, 0.717) is 10.8 Å². The van der Waals surface area contributed by atoms with Gasteiger partial charge in [0.2, 0.25) is 0 Å². The summed E-state index contributed by atoms with van der Waals surface area (Å²) in [7, 11) is 0. The van der Waals surface area contributed by atoms with Crippen LogP contribution >= 0.6 is 0 Å². The predicted molar refractivity (Wildman–Crippen MR) is 133 cm³/mol. The summed E-state index contributed by atoms with van der Waals surface area (Å²) in [6, 6.07) is 0. The van der Waals surface area contributed by atoms with E-state index in [-0.39, 0.29) is 6.10 Å². The van der Waals surface area contributed by atoms with Gasteiger partial charge in [0.25, 0.3) is 0 Å². The molecule has 31 heavy (non-hydrogen) atoms. The molecular weight excluding hydrogens is 376 g/mol. The van der Waals surface area contributed by atoms with Crippen molar-refractivity contribution in [1.29, 1.82) is 0 Å². The molecule has 0 aromatic rings. The van der Waals surface area contributed by atoms with Gasteiger partial charge in [-0.1, -0.05) is 70.4 Å². The maximum Gasteiger partial charge on any atom is 0.0583 e. The van der Waals surface area contributed by atoms with Gasteiger partial charge in [-0.15, -0.1) is 0 Å². The molecule has 0 bridgehead atoms. The van der Waals surface area contributed by atoms with Crippen LogP contribution in [0, 0.1) is 34.5 Å². The van der Waals surface area contributed by atoms with Gasteiger partial charge in [0.05, 0.1) is 6.10 Å². The highest BCUT2D eigenvalue weighted by Gasteiger charge is 2.58. The van der Waals surface area contributed by atoms with Crippen LogP contribution < -0.4 is 0 Å². The monoisotopic (exact) mass is 424 g/mol. The van der Waals surface area contributed by atoms with Crippen LogP contribution in [0.1, 0.15) is 111 Å². The van der Waals surface area contributed by atoms with E-state index in [0.717, 1.165) is 42.9 Å². The molecule has 0 aromatic heterocycles. The fraction of sp³-hybridized carbons (Fsp3) is 0.800. The topological polar surface area (TPSA) is 20.2 Å². The molecule has 1 nitrogen and oxygen atoms in total.